The summed E-state index contributed by atoms with van der Waals surface area (Å²) in [6.45, 7) is 3.67. The van der Waals surface area contributed by atoms with Crippen LogP contribution in [0.5, 0.6) is 0 Å². The van der Waals surface area contributed by atoms with Crippen LogP contribution < -0.4 is 9.62 Å². The first-order valence-corrected chi connectivity index (χ1v) is 16.0. The highest BCUT2D eigenvalue weighted by atomic mass is 35.5. The number of carbonyl (C=O) groups is 2. The van der Waals surface area contributed by atoms with E-state index in [1.165, 1.54) is 35.2 Å². The van der Waals surface area contributed by atoms with E-state index in [0.717, 1.165) is 17.1 Å². The third-order valence-electron chi connectivity index (χ3n) is 6.33. The van der Waals surface area contributed by atoms with E-state index in [2.05, 4.69) is 5.32 Å². The summed E-state index contributed by atoms with van der Waals surface area (Å²) in [5.74, 6) is -0.921. The Morgan fingerprint density at radius 2 is 1.59 bits per heavy atom. The molecule has 0 aliphatic heterocycles. The van der Waals surface area contributed by atoms with Crippen molar-refractivity contribution in [2.45, 2.75) is 50.6 Å². The van der Waals surface area contributed by atoms with Crippen molar-refractivity contribution in [3.05, 3.63) is 92.4 Å². The zero-order valence-electron chi connectivity index (χ0n) is 22.6. The number of nitrogens with zero attached hydrogens (tertiary/aromatic N) is 2. The molecule has 7 nitrogen and oxygen atoms in total. The van der Waals surface area contributed by atoms with Gasteiger partial charge in [-0.2, -0.15) is 0 Å². The summed E-state index contributed by atoms with van der Waals surface area (Å²) < 4.78 is 28.7. The summed E-state index contributed by atoms with van der Waals surface area (Å²) in [4.78, 5) is 28.6. The average Bonchev–Trinajstić information content (AvgIpc) is 2.93. The van der Waals surface area contributed by atoms with E-state index in [1.807, 2.05) is 6.92 Å². The molecule has 1 unspecified atom stereocenters. The molecule has 3 aromatic rings. The van der Waals surface area contributed by atoms with Gasteiger partial charge in [-0.05, 0) is 73.0 Å². The number of anilines is 1. The molecule has 0 fully saturated rings. The Balaban J connectivity index is 2.05. The highest BCUT2D eigenvalue weighted by Gasteiger charge is 2.33. The van der Waals surface area contributed by atoms with E-state index in [9.17, 15) is 18.0 Å². The van der Waals surface area contributed by atoms with E-state index in [1.54, 1.807) is 43.3 Å². The fourth-order valence-electron chi connectivity index (χ4n) is 4.15. The summed E-state index contributed by atoms with van der Waals surface area (Å²) in [6, 6.07) is 15.9. The van der Waals surface area contributed by atoms with Gasteiger partial charge in [0.1, 0.15) is 12.6 Å². The first-order valence-electron chi connectivity index (χ1n) is 13.0. The smallest absolute Gasteiger partial charge is 0.264 e. The van der Waals surface area contributed by atoms with Crippen LogP contribution in [-0.4, -0.2) is 44.3 Å². The van der Waals surface area contributed by atoms with Crippen molar-refractivity contribution in [3.8, 4) is 0 Å². The number of rotatable bonds is 13. The Bertz CT molecular complexity index is 1470. The molecule has 3 rings (SSSR count). The number of halogens is 4. The van der Waals surface area contributed by atoms with Crippen LogP contribution in [0.25, 0.3) is 0 Å². The van der Waals surface area contributed by atoms with Crippen molar-refractivity contribution in [1.29, 1.82) is 0 Å². The molecule has 1 atom stereocenters. The van der Waals surface area contributed by atoms with Crippen molar-refractivity contribution in [2.75, 3.05) is 17.4 Å². The SMILES string of the molecule is CCCCNC(=O)C(CC)N(Cc1ccc(Cl)c(Cl)c1)C(=O)CN(c1cccc(Cl)c1)S(=O)(=O)c1ccc(Cl)cc1. The van der Waals surface area contributed by atoms with Gasteiger partial charge in [0.2, 0.25) is 11.8 Å². The highest BCUT2D eigenvalue weighted by molar-refractivity contribution is 7.92. The van der Waals surface area contributed by atoms with E-state index in [4.69, 9.17) is 46.4 Å². The summed E-state index contributed by atoms with van der Waals surface area (Å²) in [5.41, 5.74) is 0.818. The molecular formula is C29H31Cl4N3O4S. The van der Waals surface area contributed by atoms with Crippen molar-refractivity contribution < 1.29 is 18.0 Å². The first-order chi connectivity index (χ1) is 19.5. The molecule has 0 aliphatic rings. The number of benzene rings is 3. The minimum atomic E-state index is -4.24. The van der Waals surface area contributed by atoms with Crippen molar-refractivity contribution in [3.63, 3.8) is 0 Å². The summed E-state index contributed by atoms with van der Waals surface area (Å²) in [5, 5.41) is 4.18. The van der Waals surface area contributed by atoms with Gasteiger partial charge in [-0.25, -0.2) is 8.42 Å². The fraction of sp³-hybridized carbons (Fsp3) is 0.310. The van der Waals surface area contributed by atoms with Crippen LogP contribution in [0.15, 0.2) is 71.6 Å². The minimum Gasteiger partial charge on any atom is -0.354 e. The Kier molecular flexibility index (Phi) is 12.2. The number of unbranched alkanes of at least 4 members (excludes halogenated alkanes) is 1. The van der Waals surface area contributed by atoms with Crippen molar-refractivity contribution in [1.82, 2.24) is 10.2 Å². The maximum absolute atomic E-state index is 14.1. The molecule has 2 amide bonds. The first kappa shape index (κ1) is 33.0. The van der Waals surface area contributed by atoms with Crippen LogP contribution in [0.1, 0.15) is 38.7 Å². The fourth-order valence-corrected chi connectivity index (χ4v) is 6.19. The van der Waals surface area contributed by atoms with Gasteiger partial charge in [-0.1, -0.05) is 78.8 Å². The van der Waals surface area contributed by atoms with Gasteiger partial charge in [0.05, 0.1) is 20.6 Å². The van der Waals surface area contributed by atoms with Gasteiger partial charge < -0.3 is 10.2 Å². The van der Waals surface area contributed by atoms with Crippen LogP contribution in [0.4, 0.5) is 5.69 Å². The second kappa shape index (κ2) is 15.1. The van der Waals surface area contributed by atoms with Crippen LogP contribution in [0.3, 0.4) is 0 Å². The molecule has 0 saturated heterocycles. The number of carbonyl (C=O) groups excluding carboxylic acids is 2. The van der Waals surface area contributed by atoms with Gasteiger partial charge in [-0.3, -0.25) is 13.9 Å². The number of amides is 2. The zero-order valence-corrected chi connectivity index (χ0v) is 26.5. The van der Waals surface area contributed by atoms with Crippen LogP contribution in [0, 0.1) is 0 Å². The van der Waals surface area contributed by atoms with Crippen molar-refractivity contribution in [2.24, 2.45) is 0 Å². The average molecular weight is 659 g/mol. The molecular weight excluding hydrogens is 628 g/mol. The standard InChI is InChI=1S/C29H31Cl4N3O4S/c1-3-5-15-34-29(38)27(4-2)35(18-20-9-14-25(32)26(33)16-20)28(37)19-36(23-8-6-7-22(31)17-23)41(39,40)24-12-10-21(30)11-13-24/h6-14,16-17,27H,3-5,15,18-19H2,1-2H3,(H,34,38). The number of nitrogens with one attached hydrogen (secondary N) is 1. The zero-order chi connectivity index (χ0) is 30.2. The molecule has 12 heteroatoms. The third-order valence-corrected chi connectivity index (χ3v) is 9.34. The Morgan fingerprint density at radius 3 is 2.20 bits per heavy atom. The van der Waals surface area contributed by atoms with Crippen LogP contribution in [-0.2, 0) is 26.2 Å². The van der Waals surface area contributed by atoms with E-state index >= 15 is 0 Å². The molecule has 0 aromatic heterocycles. The topological polar surface area (TPSA) is 86.8 Å². The molecule has 1 N–H and O–H groups in total. The van der Waals surface area contributed by atoms with Gasteiger partial charge in [0.25, 0.3) is 10.0 Å². The largest absolute Gasteiger partial charge is 0.354 e. The number of hydrogen-bond donors (Lipinski definition) is 1. The normalized spacial score (nSPS) is 12.0. The monoisotopic (exact) mass is 657 g/mol. The van der Waals surface area contributed by atoms with Crippen molar-refractivity contribution >= 4 is 73.9 Å². The lowest BCUT2D eigenvalue weighted by Gasteiger charge is -2.33. The lowest BCUT2D eigenvalue weighted by atomic mass is 10.1. The molecule has 0 saturated carbocycles. The molecule has 0 bridgehead atoms. The molecule has 220 valence electrons. The summed E-state index contributed by atoms with van der Waals surface area (Å²) in [6.07, 6.45) is 1.97. The Labute approximate surface area is 261 Å². The lowest BCUT2D eigenvalue weighted by molar-refractivity contribution is -0.140. The summed E-state index contributed by atoms with van der Waals surface area (Å²) >= 11 is 24.5. The predicted molar refractivity (Wildman–Crippen MR) is 166 cm³/mol. The van der Waals surface area contributed by atoms with E-state index in [-0.39, 0.29) is 23.0 Å². The van der Waals surface area contributed by atoms with Gasteiger partial charge >= 0.3 is 0 Å². The molecule has 0 heterocycles. The lowest BCUT2D eigenvalue weighted by Crippen LogP contribution is -2.52. The number of hydrogen-bond acceptors (Lipinski definition) is 4. The maximum atomic E-state index is 14.1. The Morgan fingerprint density at radius 1 is 0.878 bits per heavy atom. The Hall–Kier alpha value is -2.49. The molecule has 0 spiro atoms. The van der Waals surface area contributed by atoms with Gasteiger partial charge in [-0.15, -0.1) is 0 Å². The molecule has 0 radical (unpaired) electrons. The predicted octanol–water partition coefficient (Wildman–Crippen LogP) is 7.22. The highest BCUT2D eigenvalue weighted by Crippen LogP contribution is 2.28. The molecule has 3 aromatic carbocycles. The van der Waals surface area contributed by atoms with E-state index in [0.29, 0.717) is 38.6 Å². The second-order valence-corrected chi connectivity index (χ2v) is 12.8. The third kappa shape index (κ3) is 8.75. The molecule has 41 heavy (non-hydrogen) atoms. The summed E-state index contributed by atoms with van der Waals surface area (Å²) in [7, 11) is -4.24. The second-order valence-electron chi connectivity index (χ2n) is 9.28. The van der Waals surface area contributed by atoms with Crippen LogP contribution >= 0.6 is 46.4 Å². The van der Waals surface area contributed by atoms with Gasteiger partial charge in [0.15, 0.2) is 0 Å². The number of sulfonamides is 1. The minimum absolute atomic E-state index is 0.000193. The van der Waals surface area contributed by atoms with E-state index < -0.39 is 28.5 Å². The van der Waals surface area contributed by atoms with Gasteiger partial charge in [0, 0.05) is 23.1 Å². The van der Waals surface area contributed by atoms with Crippen LogP contribution in [0.2, 0.25) is 20.1 Å². The molecule has 0 aliphatic carbocycles. The quantitative estimate of drug-likeness (QED) is 0.197. The maximum Gasteiger partial charge on any atom is 0.264 e.